The van der Waals surface area contributed by atoms with Gasteiger partial charge in [0.05, 0.1) is 10.6 Å². The Bertz CT molecular complexity index is 1160. The second-order valence-electron chi connectivity index (χ2n) is 6.81. The third-order valence-electron chi connectivity index (χ3n) is 4.59. The number of carbonyl (C=O) groups is 1. The fraction of sp³-hybridized carbons (Fsp3) is 0.190. The van der Waals surface area contributed by atoms with Crippen LogP contribution in [0.25, 0.3) is 6.20 Å². The van der Waals surface area contributed by atoms with Crippen LogP contribution in [0.5, 0.6) is 0 Å². The summed E-state index contributed by atoms with van der Waals surface area (Å²) in [6.07, 6.45) is -0.264. The van der Waals surface area contributed by atoms with Crippen molar-refractivity contribution in [3.05, 3.63) is 71.4 Å². The van der Waals surface area contributed by atoms with E-state index in [2.05, 4.69) is 16.5 Å². The maximum absolute atomic E-state index is 13.5. The molecule has 0 spiro atoms. The van der Waals surface area contributed by atoms with Crippen molar-refractivity contribution in [3.63, 3.8) is 0 Å². The molecular formula is C21H18ClF4N5O. The first-order valence-corrected chi connectivity index (χ1v) is 9.59. The number of likely N-dealkylation sites (N-methyl/N-ethyl adjacent to an activating group) is 1. The molecule has 2 aromatic heterocycles. The van der Waals surface area contributed by atoms with Crippen LogP contribution in [0.1, 0.15) is 11.3 Å². The lowest BCUT2D eigenvalue weighted by molar-refractivity contribution is -0.137. The molecule has 0 atom stereocenters. The third kappa shape index (κ3) is 4.91. The molecule has 0 N–H and O–H groups in total. The van der Waals surface area contributed by atoms with E-state index in [1.54, 1.807) is 0 Å². The molecule has 32 heavy (non-hydrogen) atoms. The van der Waals surface area contributed by atoms with Gasteiger partial charge in [0, 0.05) is 37.0 Å². The van der Waals surface area contributed by atoms with Crippen molar-refractivity contribution in [2.45, 2.75) is 13.1 Å². The zero-order valence-corrected chi connectivity index (χ0v) is 17.8. The van der Waals surface area contributed by atoms with Crippen LogP contribution in [-0.2, 0) is 11.0 Å². The van der Waals surface area contributed by atoms with E-state index in [1.807, 2.05) is 0 Å². The third-order valence-corrected chi connectivity index (χ3v) is 4.88. The number of hydrogen-bond donors (Lipinski definition) is 0. The number of carbonyl (C=O) groups excluding carboxylic acids is 1. The zero-order valence-electron chi connectivity index (χ0n) is 17.1. The van der Waals surface area contributed by atoms with E-state index < -0.39 is 30.0 Å². The summed E-state index contributed by atoms with van der Waals surface area (Å²) < 4.78 is 55.1. The van der Waals surface area contributed by atoms with Crippen LogP contribution < -0.4 is 9.80 Å². The maximum atomic E-state index is 13.5. The maximum Gasteiger partial charge on any atom is 0.416 e. The van der Waals surface area contributed by atoms with E-state index in [0.29, 0.717) is 5.69 Å². The molecule has 0 fully saturated rings. The minimum absolute atomic E-state index is 0.114. The summed E-state index contributed by atoms with van der Waals surface area (Å²) in [6.45, 7) is 4.65. The molecule has 0 saturated heterocycles. The highest BCUT2D eigenvalue weighted by Crippen LogP contribution is 2.33. The number of halogens is 5. The van der Waals surface area contributed by atoms with Gasteiger partial charge in [-0.1, -0.05) is 18.2 Å². The molecule has 6 nitrogen and oxygen atoms in total. The minimum Gasteiger partial charge on any atom is -0.314 e. The molecule has 1 aromatic carbocycles. The Labute approximate surface area is 186 Å². The lowest BCUT2D eigenvalue weighted by Gasteiger charge is -2.26. The van der Waals surface area contributed by atoms with Gasteiger partial charge in [-0.25, -0.2) is 14.4 Å². The summed E-state index contributed by atoms with van der Waals surface area (Å²) >= 11 is 5.80. The first kappa shape index (κ1) is 23.3. The number of anilines is 3. The monoisotopic (exact) mass is 467 g/mol. The standard InChI is InChI=1S/C21H18ClF4N5O/c1-4-30-8-7-27-20(30)31(18-10-14(21(24,25)26)9-13(2)28-18)12-19(32)29(3)15-5-6-17(23)16(22)11-15/h4-11H,1,12H2,2-3H3. The van der Waals surface area contributed by atoms with E-state index in [1.165, 1.54) is 59.1 Å². The van der Waals surface area contributed by atoms with Crippen molar-refractivity contribution in [2.75, 3.05) is 23.4 Å². The Morgan fingerprint density at radius 3 is 2.62 bits per heavy atom. The number of hydrogen-bond acceptors (Lipinski definition) is 4. The number of imidazole rings is 1. The summed E-state index contributed by atoms with van der Waals surface area (Å²) in [5, 5.41) is -0.170. The van der Waals surface area contributed by atoms with Crippen molar-refractivity contribution < 1.29 is 22.4 Å². The fourth-order valence-corrected chi connectivity index (χ4v) is 3.12. The number of aromatic nitrogens is 3. The van der Waals surface area contributed by atoms with Gasteiger partial charge in [0.2, 0.25) is 11.9 Å². The summed E-state index contributed by atoms with van der Waals surface area (Å²) in [5.41, 5.74) is -0.489. The van der Waals surface area contributed by atoms with Gasteiger partial charge in [0.25, 0.3) is 0 Å². The molecule has 168 valence electrons. The Balaban J connectivity index is 2.03. The average molecular weight is 468 g/mol. The quantitative estimate of drug-likeness (QED) is 0.462. The molecule has 0 radical (unpaired) electrons. The number of aryl methyl sites for hydroxylation is 1. The summed E-state index contributed by atoms with van der Waals surface area (Å²) in [4.78, 5) is 23.8. The zero-order chi connectivity index (χ0) is 23.6. The Hall–Kier alpha value is -3.40. The number of benzene rings is 1. The average Bonchev–Trinajstić information content (AvgIpc) is 3.20. The van der Waals surface area contributed by atoms with Gasteiger partial charge in [-0.15, -0.1) is 0 Å². The van der Waals surface area contributed by atoms with Gasteiger partial charge in [-0.2, -0.15) is 13.2 Å². The number of alkyl halides is 3. The SMILES string of the molecule is C=Cn1ccnc1N(CC(=O)N(C)c1ccc(F)c(Cl)c1)c1cc(C(F)(F)F)cc(C)n1. The Morgan fingerprint density at radius 2 is 2.00 bits per heavy atom. The molecule has 11 heteroatoms. The number of pyridine rings is 1. The normalized spacial score (nSPS) is 11.3. The number of nitrogens with zero attached hydrogens (tertiary/aromatic N) is 5. The summed E-state index contributed by atoms with van der Waals surface area (Å²) in [6, 6.07) is 5.51. The van der Waals surface area contributed by atoms with Crippen molar-refractivity contribution in [2.24, 2.45) is 0 Å². The van der Waals surface area contributed by atoms with Gasteiger partial charge in [0.1, 0.15) is 18.2 Å². The number of rotatable bonds is 6. The first-order valence-electron chi connectivity index (χ1n) is 9.21. The highest BCUT2D eigenvalue weighted by molar-refractivity contribution is 6.31. The topological polar surface area (TPSA) is 54.3 Å². The molecule has 0 unspecified atom stereocenters. The molecule has 3 aromatic rings. The van der Waals surface area contributed by atoms with Crippen LogP contribution in [0.3, 0.4) is 0 Å². The van der Waals surface area contributed by atoms with Crippen molar-refractivity contribution in [1.82, 2.24) is 14.5 Å². The predicted molar refractivity (Wildman–Crippen MR) is 114 cm³/mol. The first-order chi connectivity index (χ1) is 15.0. The van der Waals surface area contributed by atoms with Crippen LogP contribution in [0.4, 0.5) is 35.0 Å². The van der Waals surface area contributed by atoms with Crippen molar-refractivity contribution in [1.29, 1.82) is 0 Å². The van der Waals surface area contributed by atoms with Crippen molar-refractivity contribution in [3.8, 4) is 0 Å². The fourth-order valence-electron chi connectivity index (χ4n) is 2.94. The molecule has 0 aliphatic heterocycles. The second-order valence-corrected chi connectivity index (χ2v) is 7.21. The summed E-state index contributed by atoms with van der Waals surface area (Å²) in [5.74, 6) is -1.15. The molecule has 1 amide bonds. The minimum atomic E-state index is -4.60. The smallest absolute Gasteiger partial charge is 0.314 e. The van der Waals surface area contributed by atoms with E-state index >= 15 is 0 Å². The van der Waals surface area contributed by atoms with Crippen LogP contribution in [0.15, 0.2) is 49.3 Å². The molecule has 2 heterocycles. The van der Waals surface area contributed by atoms with Gasteiger partial charge in [-0.3, -0.25) is 14.3 Å². The van der Waals surface area contributed by atoms with Gasteiger partial charge in [-0.05, 0) is 37.3 Å². The Morgan fingerprint density at radius 1 is 1.28 bits per heavy atom. The number of amides is 1. The highest BCUT2D eigenvalue weighted by atomic mass is 35.5. The van der Waals surface area contributed by atoms with Crippen molar-refractivity contribution >= 4 is 41.2 Å². The second kappa shape index (κ2) is 8.99. The van der Waals surface area contributed by atoms with Gasteiger partial charge < -0.3 is 4.90 Å². The van der Waals surface area contributed by atoms with Gasteiger partial charge >= 0.3 is 6.18 Å². The molecule has 0 bridgehead atoms. The lowest BCUT2D eigenvalue weighted by Crippen LogP contribution is -2.37. The Kier molecular flexibility index (Phi) is 6.54. The lowest BCUT2D eigenvalue weighted by atomic mass is 10.2. The molecule has 0 saturated carbocycles. The van der Waals surface area contributed by atoms with E-state index in [-0.39, 0.29) is 22.5 Å². The molecule has 3 rings (SSSR count). The van der Waals surface area contributed by atoms with E-state index in [4.69, 9.17) is 11.6 Å². The highest BCUT2D eigenvalue weighted by Gasteiger charge is 2.33. The van der Waals surface area contributed by atoms with Crippen LogP contribution >= 0.6 is 11.6 Å². The molecular weight excluding hydrogens is 450 g/mol. The van der Waals surface area contributed by atoms with Gasteiger partial charge in [0.15, 0.2) is 0 Å². The largest absolute Gasteiger partial charge is 0.416 e. The molecule has 0 aliphatic carbocycles. The van der Waals surface area contributed by atoms with E-state index in [0.717, 1.165) is 18.2 Å². The summed E-state index contributed by atoms with van der Waals surface area (Å²) in [7, 11) is 1.44. The van der Waals surface area contributed by atoms with Crippen LogP contribution in [0, 0.1) is 12.7 Å². The molecule has 0 aliphatic rings. The van der Waals surface area contributed by atoms with Crippen LogP contribution in [-0.4, -0.2) is 34.0 Å². The predicted octanol–water partition coefficient (Wildman–Crippen LogP) is 5.30. The van der Waals surface area contributed by atoms with Crippen LogP contribution in [0.2, 0.25) is 5.02 Å². The van der Waals surface area contributed by atoms with E-state index in [9.17, 15) is 22.4 Å².